The minimum Gasteiger partial charge on any atom is -0.370 e. The molecule has 1 aromatic rings. The molecule has 0 amide bonds. The van der Waals surface area contributed by atoms with E-state index in [0.717, 1.165) is 30.9 Å². The van der Waals surface area contributed by atoms with Crippen LogP contribution < -0.4 is 15.8 Å². The van der Waals surface area contributed by atoms with E-state index in [9.17, 15) is 4.79 Å². The molecule has 0 radical (unpaired) electrons. The largest absolute Gasteiger partial charge is 0.370 e. The second-order valence-corrected chi connectivity index (χ2v) is 5.81. The Balaban J connectivity index is 1.61. The van der Waals surface area contributed by atoms with E-state index in [-0.39, 0.29) is 5.56 Å². The number of nitrogens with one attached hydrogen (secondary N) is 1. The fourth-order valence-electron chi connectivity index (χ4n) is 2.53. The van der Waals surface area contributed by atoms with Crippen LogP contribution in [0.1, 0.15) is 25.7 Å². The molecule has 1 aromatic heterocycles. The number of hydrogen-bond acceptors (Lipinski definition) is 4. The van der Waals surface area contributed by atoms with Gasteiger partial charge in [-0.2, -0.15) is 5.10 Å². The molecule has 1 aliphatic carbocycles. The minimum absolute atomic E-state index is 0.0398. The molecule has 0 atom stereocenters. The Morgan fingerprint density at radius 2 is 2.15 bits per heavy atom. The van der Waals surface area contributed by atoms with Crippen LogP contribution in [0.5, 0.6) is 0 Å². The fourth-order valence-corrected chi connectivity index (χ4v) is 2.53. The molecule has 5 heteroatoms. The molecule has 1 aliphatic heterocycles. The molecule has 2 heterocycles. The predicted octanol–water partition coefficient (Wildman–Crippen LogP) is 1.15. The standard InChI is InChI=1S/C15H22N4O/c1-12(9-16-13-4-5-13)11-19-15(20)8-14(10-17-19)18-6-2-3-7-18/h8,10,13,16H,1-7,9,11H2. The van der Waals surface area contributed by atoms with Crippen LogP contribution in [0.15, 0.2) is 29.2 Å². The van der Waals surface area contributed by atoms with Crippen molar-refractivity contribution in [2.24, 2.45) is 0 Å². The van der Waals surface area contributed by atoms with Crippen molar-refractivity contribution in [1.82, 2.24) is 15.1 Å². The van der Waals surface area contributed by atoms with Gasteiger partial charge in [0.1, 0.15) is 0 Å². The summed E-state index contributed by atoms with van der Waals surface area (Å²) in [5.41, 5.74) is 1.91. The maximum atomic E-state index is 12.1. The molecular formula is C15H22N4O. The zero-order chi connectivity index (χ0) is 13.9. The van der Waals surface area contributed by atoms with Gasteiger partial charge in [-0.1, -0.05) is 6.58 Å². The van der Waals surface area contributed by atoms with Crippen LogP contribution in [0.25, 0.3) is 0 Å². The highest BCUT2D eigenvalue weighted by Crippen LogP contribution is 2.19. The SMILES string of the molecule is C=C(CNC1CC1)Cn1ncc(N2CCCC2)cc1=O. The van der Waals surface area contributed by atoms with Crippen molar-refractivity contribution >= 4 is 5.69 Å². The van der Waals surface area contributed by atoms with Gasteiger partial charge < -0.3 is 10.2 Å². The number of nitrogens with zero attached hydrogens (tertiary/aromatic N) is 3. The first kappa shape index (κ1) is 13.4. The van der Waals surface area contributed by atoms with Crippen molar-refractivity contribution in [2.45, 2.75) is 38.3 Å². The maximum absolute atomic E-state index is 12.1. The van der Waals surface area contributed by atoms with Crippen molar-refractivity contribution in [3.63, 3.8) is 0 Å². The van der Waals surface area contributed by atoms with Crippen LogP contribution in [0, 0.1) is 0 Å². The van der Waals surface area contributed by atoms with Crippen molar-refractivity contribution in [2.75, 3.05) is 24.5 Å². The molecule has 3 rings (SSSR count). The summed E-state index contributed by atoms with van der Waals surface area (Å²) >= 11 is 0. The second kappa shape index (κ2) is 5.79. The summed E-state index contributed by atoms with van der Waals surface area (Å²) in [6.07, 6.45) is 6.72. The molecule has 0 unspecified atom stereocenters. The molecule has 0 aromatic carbocycles. The molecule has 1 saturated carbocycles. The van der Waals surface area contributed by atoms with Crippen LogP contribution >= 0.6 is 0 Å². The summed E-state index contributed by atoms with van der Waals surface area (Å²) < 4.78 is 1.50. The molecule has 0 bridgehead atoms. The van der Waals surface area contributed by atoms with Gasteiger partial charge in [0.25, 0.3) is 5.56 Å². The molecule has 1 N–H and O–H groups in total. The molecule has 20 heavy (non-hydrogen) atoms. The Bertz CT molecular complexity index is 541. The van der Waals surface area contributed by atoms with E-state index < -0.39 is 0 Å². The Hall–Kier alpha value is -1.62. The number of hydrogen-bond donors (Lipinski definition) is 1. The summed E-state index contributed by atoms with van der Waals surface area (Å²) in [5, 5.41) is 7.68. The van der Waals surface area contributed by atoms with Gasteiger partial charge in [-0.05, 0) is 31.3 Å². The lowest BCUT2D eigenvalue weighted by Gasteiger charge is -2.17. The molecule has 5 nitrogen and oxygen atoms in total. The Labute approximate surface area is 119 Å². The van der Waals surface area contributed by atoms with Crippen molar-refractivity contribution in [1.29, 1.82) is 0 Å². The quantitative estimate of drug-likeness (QED) is 0.791. The van der Waals surface area contributed by atoms with Gasteiger partial charge in [0, 0.05) is 31.7 Å². The number of rotatable bonds is 6. The fraction of sp³-hybridized carbons (Fsp3) is 0.600. The third-order valence-electron chi connectivity index (χ3n) is 3.92. The van der Waals surface area contributed by atoms with Crippen molar-refractivity contribution in [3.05, 3.63) is 34.8 Å². The highest BCUT2D eigenvalue weighted by molar-refractivity contribution is 5.43. The zero-order valence-corrected chi connectivity index (χ0v) is 11.8. The average molecular weight is 274 g/mol. The monoisotopic (exact) mass is 274 g/mol. The maximum Gasteiger partial charge on any atom is 0.269 e. The first-order valence-corrected chi connectivity index (χ1v) is 7.44. The smallest absolute Gasteiger partial charge is 0.269 e. The van der Waals surface area contributed by atoms with Gasteiger partial charge in [0.15, 0.2) is 0 Å². The van der Waals surface area contributed by atoms with Crippen molar-refractivity contribution in [3.8, 4) is 0 Å². The van der Waals surface area contributed by atoms with Gasteiger partial charge in [0.2, 0.25) is 0 Å². The van der Waals surface area contributed by atoms with Gasteiger partial charge in [-0.25, -0.2) is 4.68 Å². The van der Waals surface area contributed by atoms with Gasteiger partial charge >= 0.3 is 0 Å². The van der Waals surface area contributed by atoms with E-state index in [2.05, 4.69) is 21.9 Å². The lowest BCUT2D eigenvalue weighted by atomic mass is 10.3. The molecule has 1 saturated heterocycles. The summed E-state index contributed by atoms with van der Waals surface area (Å²) in [4.78, 5) is 14.3. The highest BCUT2D eigenvalue weighted by Gasteiger charge is 2.20. The lowest BCUT2D eigenvalue weighted by molar-refractivity contribution is 0.603. The highest BCUT2D eigenvalue weighted by atomic mass is 16.1. The van der Waals surface area contributed by atoms with Gasteiger partial charge in [-0.3, -0.25) is 4.79 Å². The van der Waals surface area contributed by atoms with Crippen LogP contribution in [0.2, 0.25) is 0 Å². The Morgan fingerprint density at radius 1 is 1.40 bits per heavy atom. The number of aromatic nitrogens is 2. The normalized spacial score (nSPS) is 18.5. The van der Waals surface area contributed by atoms with Crippen LogP contribution in [0.3, 0.4) is 0 Å². The van der Waals surface area contributed by atoms with Gasteiger partial charge in [-0.15, -0.1) is 0 Å². The van der Waals surface area contributed by atoms with Crippen molar-refractivity contribution < 1.29 is 0 Å². The molecule has 108 valence electrons. The minimum atomic E-state index is -0.0398. The first-order valence-electron chi connectivity index (χ1n) is 7.44. The third kappa shape index (κ3) is 3.28. The van der Waals surface area contributed by atoms with E-state index in [0.29, 0.717) is 12.6 Å². The molecule has 2 aliphatic rings. The summed E-state index contributed by atoms with van der Waals surface area (Å²) in [7, 11) is 0. The van der Waals surface area contributed by atoms with Gasteiger partial charge in [0.05, 0.1) is 18.4 Å². The van der Waals surface area contributed by atoms with E-state index in [4.69, 9.17) is 0 Å². The second-order valence-electron chi connectivity index (χ2n) is 5.81. The summed E-state index contributed by atoms with van der Waals surface area (Å²) in [6.45, 7) is 7.35. The van der Waals surface area contributed by atoms with E-state index in [1.165, 1.54) is 30.4 Å². The average Bonchev–Trinajstić information content (AvgIpc) is 3.11. The third-order valence-corrected chi connectivity index (χ3v) is 3.92. The lowest BCUT2D eigenvalue weighted by Crippen LogP contribution is -2.28. The van der Waals surface area contributed by atoms with E-state index in [1.807, 2.05) is 0 Å². The topological polar surface area (TPSA) is 50.2 Å². The van der Waals surface area contributed by atoms with E-state index >= 15 is 0 Å². The first-order chi connectivity index (χ1) is 9.72. The van der Waals surface area contributed by atoms with Crippen LogP contribution in [-0.4, -0.2) is 35.5 Å². The van der Waals surface area contributed by atoms with E-state index in [1.54, 1.807) is 12.3 Å². The Kier molecular flexibility index (Phi) is 3.87. The summed E-state index contributed by atoms with van der Waals surface area (Å²) in [5.74, 6) is 0. The van der Waals surface area contributed by atoms with Crippen LogP contribution in [0.4, 0.5) is 5.69 Å². The molecule has 0 spiro atoms. The number of anilines is 1. The zero-order valence-electron chi connectivity index (χ0n) is 11.8. The molecule has 2 fully saturated rings. The molecular weight excluding hydrogens is 252 g/mol. The summed E-state index contributed by atoms with van der Waals surface area (Å²) in [6, 6.07) is 2.36. The Morgan fingerprint density at radius 3 is 2.80 bits per heavy atom. The van der Waals surface area contributed by atoms with Crippen LogP contribution in [-0.2, 0) is 6.54 Å². The predicted molar refractivity (Wildman–Crippen MR) is 80.1 cm³/mol.